The average molecular weight is 397 g/mol. The predicted molar refractivity (Wildman–Crippen MR) is 95.9 cm³/mol. The quantitative estimate of drug-likeness (QED) is 0.236. The molecule has 0 fully saturated rings. The maximum absolute atomic E-state index is 7.57. The molecule has 2 heterocycles. The summed E-state index contributed by atoms with van der Waals surface area (Å²) in [6.07, 6.45) is 3.61. The SMILES string of the molecule is N=C(N)c1ccc2c(c1)ncn2[CH]([Zn])n1cnc2cc(C(=N)N)ccc21. The van der Waals surface area contributed by atoms with Crippen molar-refractivity contribution in [2.24, 2.45) is 11.5 Å². The third kappa shape index (κ3) is 2.57. The van der Waals surface area contributed by atoms with Crippen molar-refractivity contribution in [3.63, 3.8) is 0 Å². The Morgan fingerprint density at radius 1 is 0.846 bits per heavy atom. The van der Waals surface area contributed by atoms with Crippen molar-refractivity contribution in [2.45, 2.75) is 4.76 Å². The van der Waals surface area contributed by atoms with Crippen LogP contribution in [0.1, 0.15) is 15.9 Å². The Balaban J connectivity index is 1.79. The molecule has 0 unspecified atom stereocenters. The molecule has 0 aliphatic rings. The van der Waals surface area contributed by atoms with Crippen molar-refractivity contribution in [2.75, 3.05) is 0 Å². The van der Waals surface area contributed by atoms with Gasteiger partial charge in [-0.15, -0.1) is 0 Å². The van der Waals surface area contributed by atoms with Gasteiger partial charge in [0.05, 0.1) is 0 Å². The van der Waals surface area contributed by atoms with Crippen molar-refractivity contribution in [3.05, 3.63) is 60.2 Å². The number of rotatable bonds is 4. The van der Waals surface area contributed by atoms with Crippen LogP contribution in [0, 0.1) is 10.8 Å². The van der Waals surface area contributed by atoms with Crippen molar-refractivity contribution < 1.29 is 18.3 Å². The van der Waals surface area contributed by atoms with Crippen LogP contribution in [0.2, 0.25) is 0 Å². The van der Waals surface area contributed by atoms with Gasteiger partial charge in [-0.1, -0.05) is 0 Å². The van der Waals surface area contributed by atoms with Crippen LogP contribution in [0.15, 0.2) is 49.1 Å². The minimum atomic E-state index is 0.0322. The summed E-state index contributed by atoms with van der Waals surface area (Å²) in [5.74, 6) is 0.0645. The van der Waals surface area contributed by atoms with Gasteiger partial charge in [0.1, 0.15) is 0 Å². The molecule has 0 saturated heterocycles. The number of hydrogen-bond acceptors (Lipinski definition) is 4. The number of nitrogen functional groups attached to an aromatic ring is 2. The molecule has 4 rings (SSSR count). The van der Waals surface area contributed by atoms with Crippen LogP contribution < -0.4 is 11.5 Å². The molecule has 0 spiro atoms. The second kappa shape index (κ2) is 6.03. The first-order valence-electron chi connectivity index (χ1n) is 7.91. The number of nitrogens with one attached hydrogen (secondary N) is 2. The molecule has 2 aromatic carbocycles. The second-order valence-corrected chi connectivity index (χ2v) is 7.55. The third-order valence-corrected chi connectivity index (χ3v) is 6.06. The van der Waals surface area contributed by atoms with Crippen LogP contribution in [0.4, 0.5) is 0 Å². The van der Waals surface area contributed by atoms with E-state index < -0.39 is 0 Å². The molecule has 4 aromatic rings. The molecule has 0 radical (unpaired) electrons. The Morgan fingerprint density at radius 2 is 1.27 bits per heavy atom. The third-order valence-electron chi connectivity index (χ3n) is 4.41. The van der Waals surface area contributed by atoms with E-state index in [4.69, 9.17) is 22.3 Å². The summed E-state index contributed by atoms with van der Waals surface area (Å²) in [6, 6.07) is 11.2. The van der Waals surface area contributed by atoms with Crippen LogP contribution in [-0.2, 0) is 18.3 Å². The summed E-state index contributed by atoms with van der Waals surface area (Å²) in [4.78, 5) is 8.92. The fourth-order valence-corrected chi connectivity index (χ4v) is 4.23. The Morgan fingerprint density at radius 3 is 1.65 bits per heavy atom. The zero-order valence-electron chi connectivity index (χ0n) is 13.8. The van der Waals surface area contributed by atoms with Crippen molar-refractivity contribution >= 4 is 33.7 Å². The number of aromatic nitrogens is 4. The number of nitrogens with zero attached hydrogens (tertiary/aromatic N) is 4. The Bertz CT molecular complexity index is 1080. The van der Waals surface area contributed by atoms with E-state index in [1.54, 1.807) is 12.7 Å². The molecule has 125 valence electrons. The first-order valence-corrected chi connectivity index (χ1v) is 9.62. The minimum absolute atomic E-state index is 0.0322. The molecule has 0 bridgehead atoms. The number of amidine groups is 2. The van der Waals surface area contributed by atoms with Crippen molar-refractivity contribution in [1.82, 2.24) is 19.1 Å². The molecule has 2 aromatic heterocycles. The zero-order valence-corrected chi connectivity index (χ0v) is 16.8. The zero-order chi connectivity index (χ0) is 18.4. The summed E-state index contributed by atoms with van der Waals surface area (Å²) in [6.45, 7) is 0. The molecular formula is C17H15N8Zn. The van der Waals surface area contributed by atoms with Gasteiger partial charge >= 0.3 is 158 Å². The summed E-state index contributed by atoms with van der Waals surface area (Å²) in [5, 5.41) is 15.1. The van der Waals surface area contributed by atoms with Gasteiger partial charge in [-0.25, -0.2) is 0 Å². The van der Waals surface area contributed by atoms with Gasteiger partial charge in [0.15, 0.2) is 0 Å². The summed E-state index contributed by atoms with van der Waals surface area (Å²) >= 11 is 0.958. The van der Waals surface area contributed by atoms with Gasteiger partial charge in [0.2, 0.25) is 0 Å². The van der Waals surface area contributed by atoms with Gasteiger partial charge in [-0.3, -0.25) is 0 Å². The van der Waals surface area contributed by atoms with Gasteiger partial charge in [-0.2, -0.15) is 0 Å². The average Bonchev–Trinajstić information content (AvgIpc) is 3.24. The Kier molecular flexibility index (Phi) is 3.81. The molecule has 8 nitrogen and oxygen atoms in total. The molecule has 0 aliphatic heterocycles. The van der Waals surface area contributed by atoms with E-state index in [9.17, 15) is 0 Å². The molecule has 9 heteroatoms. The van der Waals surface area contributed by atoms with Gasteiger partial charge < -0.3 is 0 Å². The number of benzene rings is 2. The van der Waals surface area contributed by atoms with Crippen LogP contribution in [0.25, 0.3) is 22.1 Å². The first-order chi connectivity index (χ1) is 12.5. The standard InChI is InChI=1S/C17H15N8.Zn/c18-16(19)10-1-3-14-12(5-10)22-7-24(14)9-25-8-23-13-6-11(17(20)21)2-4-15(13)25;/h1-9H,(H3,18,19)(H3,20,21);. The molecule has 0 aliphatic carbocycles. The Hall–Kier alpha value is -3.06. The van der Waals surface area contributed by atoms with E-state index in [0.717, 1.165) is 40.4 Å². The molecule has 26 heavy (non-hydrogen) atoms. The number of fused-ring (bicyclic) bond motifs is 2. The summed E-state index contributed by atoms with van der Waals surface area (Å²) < 4.78 is 4.26. The predicted octanol–water partition coefficient (Wildman–Crippen LogP) is 1.51. The van der Waals surface area contributed by atoms with Crippen LogP contribution in [0.5, 0.6) is 0 Å². The van der Waals surface area contributed by atoms with Gasteiger partial charge in [-0.05, 0) is 0 Å². The molecule has 6 N–H and O–H groups in total. The van der Waals surface area contributed by atoms with E-state index in [1.807, 2.05) is 36.4 Å². The fraction of sp³-hybridized carbons (Fsp3) is 0.0588. The van der Waals surface area contributed by atoms with E-state index in [2.05, 4.69) is 19.1 Å². The number of nitrogens with two attached hydrogens (primary N) is 2. The van der Waals surface area contributed by atoms with Crippen LogP contribution in [-0.4, -0.2) is 30.8 Å². The monoisotopic (exact) mass is 395 g/mol. The molecule has 0 amide bonds. The van der Waals surface area contributed by atoms with E-state index >= 15 is 0 Å². The van der Waals surface area contributed by atoms with Gasteiger partial charge in [0, 0.05) is 0 Å². The maximum atomic E-state index is 7.57. The van der Waals surface area contributed by atoms with Gasteiger partial charge in [0.25, 0.3) is 0 Å². The second-order valence-electron chi connectivity index (χ2n) is 6.02. The molecular weight excluding hydrogens is 382 g/mol. The summed E-state index contributed by atoms with van der Waals surface area (Å²) in [5.41, 5.74) is 16.0. The summed E-state index contributed by atoms with van der Waals surface area (Å²) in [7, 11) is 0. The van der Waals surface area contributed by atoms with Crippen LogP contribution in [0.3, 0.4) is 0 Å². The van der Waals surface area contributed by atoms with Crippen molar-refractivity contribution in [1.29, 1.82) is 10.8 Å². The van der Waals surface area contributed by atoms with E-state index in [1.165, 1.54) is 0 Å². The Labute approximate surface area is 158 Å². The van der Waals surface area contributed by atoms with E-state index in [0.29, 0.717) is 11.1 Å². The van der Waals surface area contributed by atoms with Crippen LogP contribution >= 0.6 is 0 Å². The molecule has 0 saturated carbocycles. The fourth-order valence-electron chi connectivity index (χ4n) is 3.01. The first kappa shape index (κ1) is 16.4. The normalized spacial score (nSPS) is 12.5. The molecule has 0 atom stereocenters. The number of imidazole rings is 2. The van der Waals surface area contributed by atoms with Crippen molar-refractivity contribution in [3.8, 4) is 0 Å². The number of hydrogen-bond donors (Lipinski definition) is 4. The van der Waals surface area contributed by atoms with E-state index in [-0.39, 0.29) is 16.4 Å². The topological polar surface area (TPSA) is 135 Å².